The van der Waals surface area contributed by atoms with Gasteiger partial charge in [0.25, 0.3) is 0 Å². The topological polar surface area (TPSA) is 15.3 Å². The fourth-order valence-corrected chi connectivity index (χ4v) is 1.63. The summed E-state index contributed by atoms with van der Waals surface area (Å²) < 4.78 is 73.2. The molecule has 0 fully saturated rings. The number of nitrogens with zero attached hydrogens (tertiary/aromatic N) is 1. The Hall–Kier alpha value is -0.500. The van der Waals surface area contributed by atoms with Gasteiger partial charge in [0.05, 0.1) is 0 Å². The zero-order valence-corrected chi connectivity index (χ0v) is 11.0. The van der Waals surface area contributed by atoms with E-state index in [1.807, 2.05) is 18.7 Å². The molecule has 0 rings (SSSR count). The van der Waals surface area contributed by atoms with Gasteiger partial charge < -0.3 is 10.2 Å². The molecule has 0 spiro atoms. The van der Waals surface area contributed by atoms with E-state index in [-0.39, 0.29) is 6.54 Å². The number of rotatable bonds is 8. The average Bonchev–Trinajstić information content (AvgIpc) is 2.24. The van der Waals surface area contributed by atoms with Crippen LogP contribution in [0.5, 0.6) is 0 Å². The second kappa shape index (κ2) is 7.94. The van der Waals surface area contributed by atoms with Gasteiger partial charge in [-0.25, -0.2) is 0 Å². The third-order valence-corrected chi connectivity index (χ3v) is 2.86. The van der Waals surface area contributed by atoms with E-state index in [0.29, 0.717) is 13.0 Å². The van der Waals surface area contributed by atoms with Gasteiger partial charge in [-0.1, -0.05) is 13.8 Å². The van der Waals surface area contributed by atoms with E-state index in [0.717, 1.165) is 13.1 Å². The van der Waals surface area contributed by atoms with Gasteiger partial charge in [0.15, 0.2) is 5.92 Å². The van der Waals surface area contributed by atoms with Crippen molar-refractivity contribution in [1.29, 1.82) is 0 Å². The van der Waals surface area contributed by atoms with Gasteiger partial charge in [0.1, 0.15) is 0 Å². The second-order valence-corrected chi connectivity index (χ2v) is 4.22. The quantitative estimate of drug-likeness (QED) is 0.547. The minimum atomic E-state index is -5.26. The second-order valence-electron chi connectivity index (χ2n) is 4.22. The predicted octanol–water partition coefficient (Wildman–Crippen LogP) is 3.05. The van der Waals surface area contributed by atoms with Gasteiger partial charge in [0, 0.05) is 6.54 Å². The number of nitrogens with one attached hydrogen (secondary N) is 1. The van der Waals surface area contributed by atoms with Crippen LogP contribution in [0.3, 0.4) is 0 Å². The molecule has 0 radical (unpaired) electrons. The minimum absolute atomic E-state index is 0.138. The third-order valence-electron chi connectivity index (χ3n) is 2.86. The highest BCUT2D eigenvalue weighted by Gasteiger charge is 2.56. The van der Waals surface area contributed by atoms with Crippen LogP contribution < -0.4 is 5.32 Å². The van der Waals surface area contributed by atoms with E-state index in [2.05, 4.69) is 5.32 Å². The van der Waals surface area contributed by atoms with Crippen LogP contribution in [0.25, 0.3) is 0 Å². The standard InChI is InChI=1S/C11H20F6N2/c1-3-19(4-2)7-5-6-18-8-9(10(12,13)14)11(15,16)17/h9,18H,3-8H2,1-2H3. The van der Waals surface area contributed by atoms with Crippen LogP contribution in [0.2, 0.25) is 0 Å². The Morgan fingerprint density at radius 2 is 1.42 bits per heavy atom. The first-order valence-electron chi connectivity index (χ1n) is 6.19. The maximum Gasteiger partial charge on any atom is 0.401 e. The van der Waals surface area contributed by atoms with Gasteiger partial charge in [-0.2, -0.15) is 26.3 Å². The highest BCUT2D eigenvalue weighted by atomic mass is 19.4. The molecule has 0 aromatic rings. The fourth-order valence-electron chi connectivity index (χ4n) is 1.63. The van der Waals surface area contributed by atoms with Gasteiger partial charge in [-0.05, 0) is 32.6 Å². The van der Waals surface area contributed by atoms with Crippen LogP contribution in [-0.2, 0) is 0 Å². The summed E-state index contributed by atoms with van der Waals surface area (Å²) in [6.45, 7) is 5.18. The largest absolute Gasteiger partial charge is 0.401 e. The van der Waals surface area contributed by atoms with E-state index < -0.39 is 24.8 Å². The molecular weight excluding hydrogens is 274 g/mol. The minimum Gasteiger partial charge on any atom is -0.316 e. The Labute approximate surface area is 109 Å². The lowest BCUT2D eigenvalue weighted by molar-refractivity contribution is -0.281. The zero-order chi connectivity index (χ0) is 15.1. The van der Waals surface area contributed by atoms with Gasteiger partial charge in [0.2, 0.25) is 0 Å². The summed E-state index contributed by atoms with van der Waals surface area (Å²) in [5.41, 5.74) is 0. The summed E-state index contributed by atoms with van der Waals surface area (Å²) in [6.07, 6.45) is -10.0. The molecule has 0 saturated carbocycles. The molecule has 0 bridgehead atoms. The van der Waals surface area contributed by atoms with Crippen molar-refractivity contribution in [3.05, 3.63) is 0 Å². The molecule has 8 heteroatoms. The SMILES string of the molecule is CCN(CC)CCCNCC(C(F)(F)F)C(F)(F)F. The average molecular weight is 294 g/mol. The van der Waals surface area contributed by atoms with Crippen molar-refractivity contribution in [2.45, 2.75) is 32.6 Å². The van der Waals surface area contributed by atoms with Crippen molar-refractivity contribution in [3.63, 3.8) is 0 Å². The van der Waals surface area contributed by atoms with Crippen LogP contribution in [0.15, 0.2) is 0 Å². The Balaban J connectivity index is 4.03. The Bertz CT molecular complexity index is 220. The maximum atomic E-state index is 12.2. The predicted molar refractivity (Wildman–Crippen MR) is 60.9 cm³/mol. The molecule has 0 heterocycles. The zero-order valence-electron chi connectivity index (χ0n) is 11.0. The van der Waals surface area contributed by atoms with Gasteiger partial charge in [-0.15, -0.1) is 0 Å². The highest BCUT2D eigenvalue weighted by molar-refractivity contribution is 4.77. The maximum absolute atomic E-state index is 12.2. The van der Waals surface area contributed by atoms with E-state index >= 15 is 0 Å². The molecule has 19 heavy (non-hydrogen) atoms. The molecule has 0 saturated heterocycles. The normalized spacial score (nSPS) is 13.6. The molecule has 1 N–H and O–H groups in total. The lowest BCUT2D eigenvalue weighted by Gasteiger charge is -2.23. The summed E-state index contributed by atoms with van der Waals surface area (Å²) in [5.74, 6) is -3.30. The molecule has 0 amide bonds. The Morgan fingerprint density at radius 1 is 0.947 bits per heavy atom. The molecule has 0 atom stereocenters. The van der Waals surface area contributed by atoms with Crippen LogP contribution in [0.4, 0.5) is 26.3 Å². The highest BCUT2D eigenvalue weighted by Crippen LogP contribution is 2.38. The van der Waals surface area contributed by atoms with Crippen LogP contribution >= 0.6 is 0 Å². The van der Waals surface area contributed by atoms with E-state index in [1.54, 1.807) is 0 Å². The molecule has 116 valence electrons. The molecule has 0 aromatic carbocycles. The first-order valence-corrected chi connectivity index (χ1v) is 6.19. The summed E-state index contributed by atoms with van der Waals surface area (Å²) in [7, 11) is 0. The summed E-state index contributed by atoms with van der Waals surface area (Å²) in [5, 5.41) is 2.24. The third kappa shape index (κ3) is 7.61. The first kappa shape index (κ1) is 18.5. The van der Waals surface area contributed by atoms with E-state index in [9.17, 15) is 26.3 Å². The molecule has 0 aliphatic heterocycles. The molecule has 2 nitrogen and oxygen atoms in total. The van der Waals surface area contributed by atoms with Crippen molar-refractivity contribution in [2.75, 3.05) is 32.7 Å². The van der Waals surface area contributed by atoms with Crippen LogP contribution in [-0.4, -0.2) is 50.0 Å². The number of halogens is 6. The van der Waals surface area contributed by atoms with Crippen molar-refractivity contribution in [3.8, 4) is 0 Å². The van der Waals surface area contributed by atoms with Crippen molar-refractivity contribution < 1.29 is 26.3 Å². The molecule has 0 aromatic heterocycles. The number of hydrogen-bond donors (Lipinski definition) is 1. The lowest BCUT2D eigenvalue weighted by atomic mass is 10.1. The van der Waals surface area contributed by atoms with Crippen molar-refractivity contribution in [1.82, 2.24) is 10.2 Å². The van der Waals surface area contributed by atoms with Crippen molar-refractivity contribution >= 4 is 0 Å². The monoisotopic (exact) mass is 294 g/mol. The van der Waals surface area contributed by atoms with E-state index in [1.165, 1.54) is 0 Å². The smallest absolute Gasteiger partial charge is 0.316 e. The van der Waals surface area contributed by atoms with Crippen molar-refractivity contribution in [2.24, 2.45) is 5.92 Å². The number of hydrogen-bond acceptors (Lipinski definition) is 2. The molecule has 0 unspecified atom stereocenters. The van der Waals surface area contributed by atoms with Gasteiger partial charge in [-0.3, -0.25) is 0 Å². The van der Waals surface area contributed by atoms with Gasteiger partial charge >= 0.3 is 12.4 Å². The van der Waals surface area contributed by atoms with Crippen LogP contribution in [0.1, 0.15) is 20.3 Å². The summed E-state index contributed by atoms with van der Waals surface area (Å²) >= 11 is 0. The molecule has 0 aliphatic carbocycles. The summed E-state index contributed by atoms with van der Waals surface area (Å²) in [4.78, 5) is 2.05. The van der Waals surface area contributed by atoms with E-state index in [4.69, 9.17) is 0 Å². The molecule has 0 aliphatic rings. The van der Waals surface area contributed by atoms with Crippen LogP contribution in [0, 0.1) is 5.92 Å². The number of alkyl halides is 6. The first-order chi connectivity index (χ1) is 8.62. The Kier molecular flexibility index (Phi) is 7.73. The lowest BCUT2D eigenvalue weighted by Crippen LogP contribution is -2.43. The Morgan fingerprint density at radius 3 is 1.79 bits per heavy atom. The summed E-state index contributed by atoms with van der Waals surface area (Å²) in [6, 6.07) is 0. The molecular formula is C11H20F6N2. The fraction of sp³-hybridized carbons (Fsp3) is 1.00.